The zero-order valence-corrected chi connectivity index (χ0v) is 11.3. The Labute approximate surface area is 111 Å². The molecule has 6 heteroatoms. The van der Waals surface area contributed by atoms with Crippen LogP contribution in [-0.2, 0) is 16.1 Å². The summed E-state index contributed by atoms with van der Waals surface area (Å²) in [6.07, 6.45) is 0. The summed E-state index contributed by atoms with van der Waals surface area (Å²) < 4.78 is 4.69. The van der Waals surface area contributed by atoms with Crippen molar-refractivity contribution < 1.29 is 14.5 Å². The van der Waals surface area contributed by atoms with Crippen LogP contribution in [0.3, 0.4) is 0 Å². The van der Waals surface area contributed by atoms with Crippen molar-refractivity contribution >= 4 is 11.7 Å². The lowest BCUT2D eigenvalue weighted by Crippen LogP contribution is -2.36. The average molecular weight is 266 g/mol. The van der Waals surface area contributed by atoms with Gasteiger partial charge in [-0.2, -0.15) is 0 Å². The third-order valence-electron chi connectivity index (χ3n) is 2.81. The standard InChI is InChI=1S/C13H18N2O4/c1-13(2,12(16)19-3)9-14-8-10-6-4-5-7-11(10)15(17)18/h4-7,14H,8-9H2,1-3H3. The van der Waals surface area contributed by atoms with Gasteiger partial charge in [-0.05, 0) is 13.8 Å². The van der Waals surface area contributed by atoms with Gasteiger partial charge in [0, 0.05) is 24.7 Å². The van der Waals surface area contributed by atoms with Crippen LogP contribution >= 0.6 is 0 Å². The van der Waals surface area contributed by atoms with E-state index in [1.165, 1.54) is 13.2 Å². The molecule has 19 heavy (non-hydrogen) atoms. The number of para-hydroxylation sites is 1. The number of carbonyl (C=O) groups excluding carboxylic acids is 1. The van der Waals surface area contributed by atoms with Gasteiger partial charge in [-0.1, -0.05) is 18.2 Å². The maximum atomic E-state index is 11.5. The zero-order valence-electron chi connectivity index (χ0n) is 11.3. The van der Waals surface area contributed by atoms with Crippen LogP contribution in [0.1, 0.15) is 19.4 Å². The van der Waals surface area contributed by atoms with Gasteiger partial charge in [0.15, 0.2) is 0 Å². The highest BCUT2D eigenvalue weighted by atomic mass is 16.6. The minimum atomic E-state index is -0.668. The van der Waals surface area contributed by atoms with E-state index < -0.39 is 10.3 Å². The fraction of sp³-hybridized carbons (Fsp3) is 0.462. The largest absolute Gasteiger partial charge is 0.469 e. The van der Waals surface area contributed by atoms with Gasteiger partial charge in [-0.3, -0.25) is 14.9 Å². The van der Waals surface area contributed by atoms with E-state index in [4.69, 9.17) is 4.74 Å². The van der Waals surface area contributed by atoms with E-state index in [1.54, 1.807) is 32.0 Å². The number of carbonyl (C=O) groups is 1. The minimum Gasteiger partial charge on any atom is -0.469 e. The molecule has 0 heterocycles. The van der Waals surface area contributed by atoms with E-state index in [0.29, 0.717) is 18.7 Å². The lowest BCUT2D eigenvalue weighted by atomic mass is 9.93. The summed E-state index contributed by atoms with van der Waals surface area (Å²) in [6, 6.07) is 6.52. The summed E-state index contributed by atoms with van der Waals surface area (Å²) in [5.41, 5.74) is -0.00257. The maximum absolute atomic E-state index is 11.5. The summed E-state index contributed by atoms with van der Waals surface area (Å²) in [6.45, 7) is 4.22. The highest BCUT2D eigenvalue weighted by Gasteiger charge is 2.28. The van der Waals surface area contributed by atoms with Crippen molar-refractivity contribution in [2.45, 2.75) is 20.4 Å². The van der Waals surface area contributed by atoms with Gasteiger partial charge < -0.3 is 10.1 Å². The second-order valence-corrected chi connectivity index (χ2v) is 4.86. The highest BCUT2D eigenvalue weighted by molar-refractivity contribution is 5.76. The second kappa shape index (κ2) is 6.29. The molecule has 0 saturated carbocycles. The van der Waals surface area contributed by atoms with Gasteiger partial charge in [0.2, 0.25) is 0 Å². The molecule has 6 nitrogen and oxygen atoms in total. The van der Waals surface area contributed by atoms with Crippen LogP contribution in [0.15, 0.2) is 24.3 Å². The molecule has 0 spiro atoms. The van der Waals surface area contributed by atoms with Gasteiger partial charge in [0.1, 0.15) is 0 Å². The SMILES string of the molecule is COC(=O)C(C)(C)CNCc1ccccc1[N+](=O)[O-]. The number of nitrogens with one attached hydrogen (secondary N) is 1. The number of nitrogens with zero attached hydrogens (tertiary/aromatic N) is 1. The van der Waals surface area contributed by atoms with Crippen molar-refractivity contribution in [2.75, 3.05) is 13.7 Å². The first kappa shape index (κ1) is 15.1. The van der Waals surface area contributed by atoms with Crippen molar-refractivity contribution in [2.24, 2.45) is 5.41 Å². The molecule has 0 atom stereocenters. The number of methoxy groups -OCH3 is 1. The molecule has 1 N–H and O–H groups in total. The first-order valence-electron chi connectivity index (χ1n) is 5.90. The molecule has 1 aromatic carbocycles. The molecule has 0 unspecified atom stereocenters. The number of hydrogen-bond acceptors (Lipinski definition) is 5. The van der Waals surface area contributed by atoms with Gasteiger partial charge in [-0.25, -0.2) is 0 Å². The fourth-order valence-electron chi connectivity index (χ4n) is 1.70. The molecule has 0 aliphatic heterocycles. The molecule has 0 saturated heterocycles. The second-order valence-electron chi connectivity index (χ2n) is 4.86. The summed E-state index contributed by atoms with van der Waals surface area (Å²) in [5.74, 6) is -0.317. The van der Waals surface area contributed by atoms with E-state index in [9.17, 15) is 14.9 Å². The maximum Gasteiger partial charge on any atom is 0.312 e. The molecule has 1 rings (SSSR count). The van der Waals surface area contributed by atoms with Gasteiger partial charge in [0.25, 0.3) is 5.69 Å². The van der Waals surface area contributed by atoms with E-state index >= 15 is 0 Å². The predicted molar refractivity (Wildman–Crippen MR) is 70.6 cm³/mol. The molecule has 0 bridgehead atoms. The Hall–Kier alpha value is -1.95. The summed E-state index contributed by atoms with van der Waals surface area (Å²) in [5, 5.41) is 13.9. The van der Waals surface area contributed by atoms with Gasteiger partial charge in [-0.15, -0.1) is 0 Å². The van der Waals surface area contributed by atoms with Crippen LogP contribution in [0, 0.1) is 15.5 Å². The van der Waals surface area contributed by atoms with E-state index in [1.807, 2.05) is 0 Å². The Morgan fingerprint density at radius 2 is 2.05 bits per heavy atom. The molecular weight excluding hydrogens is 248 g/mol. The number of esters is 1. The summed E-state index contributed by atoms with van der Waals surface area (Å²) >= 11 is 0. The van der Waals surface area contributed by atoms with Gasteiger partial charge in [0.05, 0.1) is 17.4 Å². The van der Waals surface area contributed by atoms with Crippen LogP contribution < -0.4 is 5.32 Å². The molecule has 0 fully saturated rings. The molecule has 104 valence electrons. The Bertz CT molecular complexity index is 471. The number of hydrogen-bond donors (Lipinski definition) is 1. The monoisotopic (exact) mass is 266 g/mol. The van der Waals surface area contributed by atoms with Crippen LogP contribution in [0.2, 0.25) is 0 Å². The van der Waals surface area contributed by atoms with Crippen molar-refractivity contribution in [3.8, 4) is 0 Å². The van der Waals surface area contributed by atoms with E-state index in [2.05, 4.69) is 5.32 Å². The Morgan fingerprint density at radius 1 is 1.42 bits per heavy atom. The number of ether oxygens (including phenoxy) is 1. The third-order valence-corrected chi connectivity index (χ3v) is 2.81. The van der Waals surface area contributed by atoms with E-state index in [-0.39, 0.29) is 11.7 Å². The number of benzene rings is 1. The predicted octanol–water partition coefficient (Wildman–Crippen LogP) is 1.88. The van der Waals surface area contributed by atoms with Crippen molar-refractivity contribution in [1.82, 2.24) is 5.32 Å². The summed E-state index contributed by atoms with van der Waals surface area (Å²) in [7, 11) is 1.34. The number of nitro benzene ring substituents is 1. The van der Waals surface area contributed by atoms with Crippen LogP contribution in [0.5, 0.6) is 0 Å². The average Bonchev–Trinajstić information content (AvgIpc) is 2.37. The molecule has 1 aromatic rings. The quantitative estimate of drug-likeness (QED) is 0.483. The van der Waals surface area contributed by atoms with Crippen LogP contribution in [-0.4, -0.2) is 24.5 Å². The van der Waals surface area contributed by atoms with Crippen LogP contribution in [0.4, 0.5) is 5.69 Å². The topological polar surface area (TPSA) is 81.5 Å². The molecular formula is C13H18N2O4. The smallest absolute Gasteiger partial charge is 0.312 e. The lowest BCUT2D eigenvalue weighted by Gasteiger charge is -2.21. The number of nitro groups is 1. The Kier molecular flexibility index (Phi) is 5.00. The molecule has 0 aromatic heterocycles. The van der Waals surface area contributed by atoms with Gasteiger partial charge >= 0.3 is 5.97 Å². The van der Waals surface area contributed by atoms with E-state index in [0.717, 1.165) is 0 Å². The Balaban J connectivity index is 2.64. The Morgan fingerprint density at radius 3 is 2.63 bits per heavy atom. The minimum absolute atomic E-state index is 0.0749. The normalized spacial score (nSPS) is 11.1. The highest BCUT2D eigenvalue weighted by Crippen LogP contribution is 2.19. The van der Waals surface area contributed by atoms with Crippen molar-refractivity contribution in [3.05, 3.63) is 39.9 Å². The van der Waals surface area contributed by atoms with Crippen LogP contribution in [0.25, 0.3) is 0 Å². The zero-order chi connectivity index (χ0) is 14.5. The first-order valence-corrected chi connectivity index (χ1v) is 5.90. The molecule has 0 amide bonds. The summed E-state index contributed by atoms with van der Waals surface area (Å²) in [4.78, 5) is 21.9. The lowest BCUT2D eigenvalue weighted by molar-refractivity contribution is -0.385. The van der Waals surface area contributed by atoms with Crippen molar-refractivity contribution in [1.29, 1.82) is 0 Å². The van der Waals surface area contributed by atoms with Crippen molar-refractivity contribution in [3.63, 3.8) is 0 Å². The molecule has 0 aliphatic rings. The third kappa shape index (κ3) is 4.03. The fourth-order valence-corrected chi connectivity index (χ4v) is 1.70. The first-order chi connectivity index (χ1) is 8.88. The number of rotatable bonds is 6. The molecule has 0 radical (unpaired) electrons. The molecule has 0 aliphatic carbocycles.